The first-order chi connectivity index (χ1) is 11.4. The minimum absolute atomic E-state index is 0.00779. The first-order valence-corrected chi connectivity index (χ1v) is 8.69. The van der Waals surface area contributed by atoms with Crippen molar-refractivity contribution in [3.63, 3.8) is 0 Å². The van der Waals surface area contributed by atoms with E-state index in [0.29, 0.717) is 19.0 Å². The van der Waals surface area contributed by atoms with E-state index in [-0.39, 0.29) is 17.9 Å². The Balaban J connectivity index is 1.71. The Kier molecular flexibility index (Phi) is 7.15. The number of piperidine rings is 1. The molecule has 0 saturated carbocycles. The van der Waals surface area contributed by atoms with Crippen molar-refractivity contribution >= 4 is 11.7 Å². The molecule has 2 N–H and O–H groups in total. The lowest BCUT2D eigenvalue weighted by molar-refractivity contribution is -0.121. The Hall–Kier alpha value is -1.50. The minimum Gasteiger partial charge on any atom is -0.389 e. The molecular weight excluding hydrogens is 306 g/mol. The molecule has 6 nitrogen and oxygen atoms in total. The van der Waals surface area contributed by atoms with E-state index in [9.17, 15) is 9.90 Å². The molecule has 1 aliphatic heterocycles. The molecule has 134 valence electrons. The van der Waals surface area contributed by atoms with Crippen molar-refractivity contribution in [2.45, 2.75) is 45.8 Å². The zero-order valence-electron chi connectivity index (χ0n) is 14.9. The van der Waals surface area contributed by atoms with Gasteiger partial charge < -0.3 is 20.1 Å². The first kappa shape index (κ1) is 18.8. The standard InChI is InChI=1S/C18H29N3O3/c1-13(2)24-12-16(22)11-21-8-6-15(7-9-21)18(23)20-17-5-4-14(3)10-19-17/h4-5,10,13,15-16,22H,6-9,11-12H2,1-3H3,(H,19,20,23). The van der Waals surface area contributed by atoms with Gasteiger partial charge in [0, 0.05) is 18.7 Å². The molecule has 0 radical (unpaired) electrons. The van der Waals surface area contributed by atoms with Crippen LogP contribution in [0.4, 0.5) is 5.82 Å². The summed E-state index contributed by atoms with van der Waals surface area (Å²) < 4.78 is 5.43. The van der Waals surface area contributed by atoms with Gasteiger partial charge in [-0.25, -0.2) is 4.98 Å². The third kappa shape index (κ3) is 6.19. The summed E-state index contributed by atoms with van der Waals surface area (Å²) in [4.78, 5) is 18.7. The average Bonchev–Trinajstić information content (AvgIpc) is 2.55. The summed E-state index contributed by atoms with van der Waals surface area (Å²) in [5, 5.41) is 12.9. The van der Waals surface area contributed by atoms with Crippen LogP contribution in [-0.2, 0) is 9.53 Å². The lowest BCUT2D eigenvalue weighted by atomic mass is 9.95. The second-order valence-electron chi connectivity index (χ2n) is 6.82. The minimum atomic E-state index is -0.477. The van der Waals surface area contributed by atoms with Crippen LogP contribution < -0.4 is 5.32 Å². The number of likely N-dealkylation sites (tertiary alicyclic amines) is 1. The van der Waals surface area contributed by atoms with Crippen LogP contribution in [0.25, 0.3) is 0 Å². The van der Waals surface area contributed by atoms with E-state index in [0.717, 1.165) is 31.5 Å². The number of ether oxygens (including phenoxy) is 1. The third-order valence-corrected chi connectivity index (χ3v) is 4.21. The van der Waals surface area contributed by atoms with Gasteiger partial charge >= 0.3 is 0 Å². The molecular formula is C18H29N3O3. The summed E-state index contributed by atoms with van der Waals surface area (Å²) in [5.74, 6) is 0.650. The van der Waals surface area contributed by atoms with Gasteiger partial charge in [0.1, 0.15) is 5.82 Å². The topological polar surface area (TPSA) is 74.7 Å². The van der Waals surface area contributed by atoms with Crippen LogP contribution in [0.2, 0.25) is 0 Å². The summed E-state index contributed by atoms with van der Waals surface area (Å²) in [6.07, 6.45) is 3.00. The molecule has 2 rings (SSSR count). The van der Waals surface area contributed by atoms with Gasteiger partial charge in [-0.1, -0.05) is 6.07 Å². The van der Waals surface area contributed by atoms with Crippen LogP contribution in [0.15, 0.2) is 18.3 Å². The van der Waals surface area contributed by atoms with Crippen LogP contribution in [-0.4, -0.2) is 59.3 Å². The van der Waals surface area contributed by atoms with Gasteiger partial charge in [0.2, 0.25) is 5.91 Å². The summed E-state index contributed by atoms with van der Waals surface area (Å²) >= 11 is 0. The van der Waals surface area contributed by atoms with Crippen molar-refractivity contribution in [3.8, 4) is 0 Å². The number of hydrogen-bond acceptors (Lipinski definition) is 5. The van der Waals surface area contributed by atoms with Crippen LogP contribution >= 0.6 is 0 Å². The van der Waals surface area contributed by atoms with E-state index in [1.54, 1.807) is 6.20 Å². The highest BCUT2D eigenvalue weighted by Crippen LogP contribution is 2.19. The van der Waals surface area contributed by atoms with E-state index in [1.807, 2.05) is 32.9 Å². The molecule has 1 aromatic rings. The number of nitrogens with one attached hydrogen (secondary N) is 1. The first-order valence-electron chi connectivity index (χ1n) is 8.69. The lowest BCUT2D eigenvalue weighted by Crippen LogP contribution is -2.42. The van der Waals surface area contributed by atoms with Crippen molar-refractivity contribution in [1.29, 1.82) is 0 Å². The fourth-order valence-corrected chi connectivity index (χ4v) is 2.80. The number of carbonyl (C=O) groups excluding carboxylic acids is 1. The number of amides is 1. The number of aryl methyl sites for hydroxylation is 1. The largest absolute Gasteiger partial charge is 0.389 e. The van der Waals surface area contributed by atoms with Gasteiger partial charge in [-0.2, -0.15) is 0 Å². The number of anilines is 1. The lowest BCUT2D eigenvalue weighted by Gasteiger charge is -2.32. The molecule has 1 aromatic heterocycles. The Morgan fingerprint density at radius 2 is 2.12 bits per heavy atom. The highest BCUT2D eigenvalue weighted by Gasteiger charge is 2.26. The SMILES string of the molecule is Cc1ccc(NC(=O)C2CCN(CC(O)COC(C)C)CC2)nc1. The molecule has 0 aliphatic carbocycles. The molecule has 0 bridgehead atoms. The van der Waals surface area contributed by atoms with E-state index < -0.39 is 6.10 Å². The van der Waals surface area contributed by atoms with E-state index in [2.05, 4.69) is 15.2 Å². The second-order valence-corrected chi connectivity index (χ2v) is 6.82. The Bertz CT molecular complexity index is 511. The number of aliphatic hydroxyl groups excluding tert-OH is 1. The Morgan fingerprint density at radius 3 is 2.71 bits per heavy atom. The van der Waals surface area contributed by atoms with Gasteiger partial charge in [0.25, 0.3) is 0 Å². The van der Waals surface area contributed by atoms with Gasteiger partial charge in [-0.15, -0.1) is 0 Å². The van der Waals surface area contributed by atoms with Gasteiger partial charge in [-0.05, 0) is 58.3 Å². The number of hydrogen-bond donors (Lipinski definition) is 2. The molecule has 2 heterocycles. The molecule has 0 aromatic carbocycles. The summed E-state index contributed by atoms with van der Waals surface area (Å²) in [7, 11) is 0. The number of β-amino-alcohol motifs (C(OH)–C–C–N with tert-alkyl or cyclic N) is 1. The normalized spacial score (nSPS) is 17.9. The fraction of sp³-hybridized carbons (Fsp3) is 0.667. The highest BCUT2D eigenvalue weighted by molar-refractivity contribution is 5.91. The molecule has 1 atom stereocenters. The number of carbonyl (C=O) groups is 1. The van der Waals surface area contributed by atoms with Crippen LogP contribution in [0.5, 0.6) is 0 Å². The maximum atomic E-state index is 12.3. The summed E-state index contributed by atoms with van der Waals surface area (Å²) in [6, 6.07) is 3.76. The van der Waals surface area contributed by atoms with Crippen molar-refractivity contribution in [1.82, 2.24) is 9.88 Å². The molecule has 1 unspecified atom stereocenters. The van der Waals surface area contributed by atoms with E-state index in [1.165, 1.54) is 0 Å². The van der Waals surface area contributed by atoms with Gasteiger partial charge in [0.05, 0.1) is 18.8 Å². The third-order valence-electron chi connectivity index (χ3n) is 4.21. The number of pyridine rings is 1. The maximum Gasteiger partial charge on any atom is 0.228 e. The molecule has 0 spiro atoms. The zero-order chi connectivity index (χ0) is 17.5. The molecule has 1 amide bonds. The number of aliphatic hydroxyl groups is 1. The molecule has 24 heavy (non-hydrogen) atoms. The zero-order valence-corrected chi connectivity index (χ0v) is 14.9. The number of aromatic nitrogens is 1. The fourth-order valence-electron chi connectivity index (χ4n) is 2.80. The predicted molar refractivity (Wildman–Crippen MR) is 93.9 cm³/mol. The quantitative estimate of drug-likeness (QED) is 0.795. The maximum absolute atomic E-state index is 12.3. The van der Waals surface area contributed by atoms with E-state index in [4.69, 9.17) is 4.74 Å². The smallest absolute Gasteiger partial charge is 0.228 e. The van der Waals surface area contributed by atoms with Crippen molar-refractivity contribution < 1.29 is 14.6 Å². The monoisotopic (exact) mass is 335 g/mol. The highest BCUT2D eigenvalue weighted by atomic mass is 16.5. The van der Waals surface area contributed by atoms with Gasteiger partial charge in [0.15, 0.2) is 0 Å². The molecule has 1 fully saturated rings. The Labute approximate surface area is 144 Å². The van der Waals surface area contributed by atoms with Crippen molar-refractivity contribution in [2.24, 2.45) is 5.92 Å². The number of nitrogens with zero attached hydrogens (tertiary/aromatic N) is 2. The van der Waals surface area contributed by atoms with Gasteiger partial charge in [-0.3, -0.25) is 4.79 Å². The summed E-state index contributed by atoms with van der Waals surface area (Å²) in [6.45, 7) is 8.47. The second kappa shape index (κ2) is 9.11. The van der Waals surface area contributed by atoms with Crippen molar-refractivity contribution in [3.05, 3.63) is 23.9 Å². The average molecular weight is 335 g/mol. The van der Waals surface area contributed by atoms with Crippen molar-refractivity contribution in [2.75, 3.05) is 31.6 Å². The van der Waals surface area contributed by atoms with Crippen LogP contribution in [0, 0.1) is 12.8 Å². The molecule has 6 heteroatoms. The molecule has 1 saturated heterocycles. The predicted octanol–water partition coefficient (Wildman–Crippen LogP) is 1.83. The van der Waals surface area contributed by atoms with Crippen LogP contribution in [0.1, 0.15) is 32.3 Å². The number of rotatable bonds is 7. The van der Waals surface area contributed by atoms with Crippen LogP contribution in [0.3, 0.4) is 0 Å². The Morgan fingerprint density at radius 1 is 1.42 bits per heavy atom. The van der Waals surface area contributed by atoms with E-state index >= 15 is 0 Å². The molecule has 1 aliphatic rings. The summed E-state index contributed by atoms with van der Waals surface area (Å²) in [5.41, 5.74) is 1.07.